The molecule has 0 aliphatic carbocycles. The molecule has 15 heavy (non-hydrogen) atoms. The monoisotopic (exact) mass is 227 g/mol. The second-order valence-corrected chi connectivity index (χ2v) is 4.09. The first-order chi connectivity index (χ1) is 7.24. The zero-order valence-electron chi connectivity index (χ0n) is 8.63. The summed E-state index contributed by atoms with van der Waals surface area (Å²) in [6, 6.07) is 6.46. The van der Waals surface area contributed by atoms with Gasteiger partial charge in [-0.15, -0.1) is 11.8 Å². The molecule has 1 N–H and O–H groups in total. The van der Waals surface area contributed by atoms with Crippen LogP contribution in [0.25, 0.3) is 0 Å². The molecule has 1 aromatic carbocycles. The van der Waals surface area contributed by atoms with Crippen molar-refractivity contribution < 1.29 is 9.18 Å². The van der Waals surface area contributed by atoms with E-state index in [1.807, 2.05) is 6.92 Å². The van der Waals surface area contributed by atoms with Crippen LogP contribution in [0.3, 0.4) is 0 Å². The predicted octanol–water partition coefficient (Wildman–Crippen LogP) is 2.44. The predicted molar refractivity (Wildman–Crippen MR) is 60.4 cm³/mol. The summed E-state index contributed by atoms with van der Waals surface area (Å²) in [5, 5.41) is 2.74. The van der Waals surface area contributed by atoms with E-state index in [-0.39, 0.29) is 17.5 Å². The van der Waals surface area contributed by atoms with Gasteiger partial charge in [-0.2, -0.15) is 0 Å². The van der Waals surface area contributed by atoms with Gasteiger partial charge in [0.1, 0.15) is 5.82 Å². The number of carbonyl (C=O) groups excluding carboxylic acids is 1. The molecule has 0 fully saturated rings. The van der Waals surface area contributed by atoms with E-state index in [9.17, 15) is 9.18 Å². The first-order valence-electron chi connectivity index (χ1n) is 4.88. The summed E-state index contributed by atoms with van der Waals surface area (Å²) in [6.07, 6.45) is 0.913. The molecule has 0 aromatic heterocycles. The molecular weight excluding hydrogens is 213 g/mol. The zero-order chi connectivity index (χ0) is 11.1. The van der Waals surface area contributed by atoms with Crippen LogP contribution < -0.4 is 5.32 Å². The molecule has 0 atom stereocenters. The molecule has 1 aromatic rings. The Bertz CT molecular complexity index is 330. The fraction of sp³-hybridized carbons (Fsp3) is 0.364. The standard InChI is InChI=1S/C11H14FNOS/c1-2-7-13-11(14)8-15-10-6-4-3-5-9(10)12/h3-6H,2,7-8H2,1H3,(H,13,14). The van der Waals surface area contributed by atoms with Crippen LogP contribution in [-0.4, -0.2) is 18.2 Å². The Morgan fingerprint density at radius 2 is 2.20 bits per heavy atom. The lowest BCUT2D eigenvalue weighted by Gasteiger charge is -2.03. The number of amides is 1. The van der Waals surface area contributed by atoms with E-state index < -0.39 is 0 Å². The normalized spacial score (nSPS) is 10.0. The fourth-order valence-electron chi connectivity index (χ4n) is 1.02. The first kappa shape index (κ1) is 12.0. The molecule has 1 amide bonds. The molecule has 0 aliphatic rings. The molecule has 82 valence electrons. The van der Waals surface area contributed by atoms with Crippen molar-refractivity contribution in [1.29, 1.82) is 0 Å². The van der Waals surface area contributed by atoms with E-state index >= 15 is 0 Å². The smallest absolute Gasteiger partial charge is 0.230 e. The Balaban J connectivity index is 2.37. The third kappa shape index (κ3) is 4.34. The summed E-state index contributed by atoms with van der Waals surface area (Å²) in [5.41, 5.74) is 0. The summed E-state index contributed by atoms with van der Waals surface area (Å²) < 4.78 is 13.1. The second kappa shape index (κ2) is 6.45. The van der Waals surface area contributed by atoms with Crippen molar-refractivity contribution in [3.8, 4) is 0 Å². The van der Waals surface area contributed by atoms with Crippen molar-refractivity contribution in [2.75, 3.05) is 12.3 Å². The van der Waals surface area contributed by atoms with Crippen LogP contribution in [0, 0.1) is 5.82 Å². The van der Waals surface area contributed by atoms with Gasteiger partial charge in [-0.05, 0) is 18.6 Å². The highest BCUT2D eigenvalue weighted by Gasteiger charge is 2.04. The number of hydrogen-bond donors (Lipinski definition) is 1. The maximum Gasteiger partial charge on any atom is 0.230 e. The summed E-state index contributed by atoms with van der Waals surface area (Å²) in [4.78, 5) is 11.7. The van der Waals surface area contributed by atoms with E-state index in [1.54, 1.807) is 18.2 Å². The lowest BCUT2D eigenvalue weighted by Crippen LogP contribution is -2.25. The molecule has 0 saturated heterocycles. The Hall–Kier alpha value is -1.03. The highest BCUT2D eigenvalue weighted by molar-refractivity contribution is 8.00. The SMILES string of the molecule is CCCNC(=O)CSc1ccccc1F. The average Bonchev–Trinajstić information content (AvgIpc) is 2.25. The molecule has 0 unspecified atom stereocenters. The molecule has 0 bridgehead atoms. The molecule has 0 radical (unpaired) electrons. The van der Waals surface area contributed by atoms with Crippen LogP contribution in [0.4, 0.5) is 4.39 Å². The van der Waals surface area contributed by atoms with Crippen molar-refractivity contribution in [1.82, 2.24) is 5.32 Å². The quantitative estimate of drug-likeness (QED) is 0.783. The number of rotatable bonds is 5. The maximum absolute atomic E-state index is 13.1. The Morgan fingerprint density at radius 3 is 2.87 bits per heavy atom. The fourth-order valence-corrected chi connectivity index (χ4v) is 1.79. The van der Waals surface area contributed by atoms with Gasteiger partial charge in [-0.3, -0.25) is 4.79 Å². The van der Waals surface area contributed by atoms with Crippen LogP contribution in [-0.2, 0) is 4.79 Å². The van der Waals surface area contributed by atoms with Crippen LogP contribution in [0.1, 0.15) is 13.3 Å². The van der Waals surface area contributed by atoms with E-state index in [0.717, 1.165) is 6.42 Å². The third-order valence-electron chi connectivity index (χ3n) is 1.77. The zero-order valence-corrected chi connectivity index (χ0v) is 9.44. The van der Waals surface area contributed by atoms with Gasteiger partial charge in [-0.25, -0.2) is 4.39 Å². The number of thioether (sulfide) groups is 1. The van der Waals surface area contributed by atoms with Crippen LogP contribution in [0.5, 0.6) is 0 Å². The molecule has 0 saturated carbocycles. The summed E-state index contributed by atoms with van der Waals surface area (Å²) in [5.74, 6) is -0.0584. The van der Waals surface area contributed by atoms with Gasteiger partial charge >= 0.3 is 0 Å². The third-order valence-corrected chi connectivity index (χ3v) is 2.82. The molecule has 4 heteroatoms. The van der Waals surface area contributed by atoms with Crippen molar-refractivity contribution in [2.45, 2.75) is 18.2 Å². The van der Waals surface area contributed by atoms with Gasteiger partial charge in [0, 0.05) is 11.4 Å². The summed E-state index contributed by atoms with van der Waals surface area (Å²) >= 11 is 1.22. The van der Waals surface area contributed by atoms with Gasteiger partial charge in [-0.1, -0.05) is 19.1 Å². The summed E-state index contributed by atoms with van der Waals surface area (Å²) in [7, 11) is 0. The van der Waals surface area contributed by atoms with Crippen LogP contribution >= 0.6 is 11.8 Å². The number of carbonyl (C=O) groups is 1. The lowest BCUT2D eigenvalue weighted by molar-refractivity contribution is -0.118. The molecular formula is C11H14FNOS. The van der Waals surface area contributed by atoms with Crippen LogP contribution in [0.2, 0.25) is 0 Å². The largest absolute Gasteiger partial charge is 0.355 e. The molecule has 0 aliphatic heterocycles. The van der Waals surface area contributed by atoms with E-state index in [0.29, 0.717) is 11.4 Å². The van der Waals surface area contributed by atoms with Crippen molar-refractivity contribution in [3.05, 3.63) is 30.1 Å². The van der Waals surface area contributed by atoms with Gasteiger partial charge in [0.05, 0.1) is 5.75 Å². The number of nitrogens with one attached hydrogen (secondary N) is 1. The number of hydrogen-bond acceptors (Lipinski definition) is 2. The topological polar surface area (TPSA) is 29.1 Å². The minimum absolute atomic E-state index is 0.0508. The van der Waals surface area contributed by atoms with Crippen molar-refractivity contribution >= 4 is 17.7 Å². The van der Waals surface area contributed by atoms with Crippen LogP contribution in [0.15, 0.2) is 29.2 Å². The van der Waals surface area contributed by atoms with E-state index in [1.165, 1.54) is 17.8 Å². The van der Waals surface area contributed by atoms with Gasteiger partial charge in [0.15, 0.2) is 0 Å². The lowest BCUT2D eigenvalue weighted by atomic mass is 10.3. The summed E-state index contributed by atoms with van der Waals surface area (Å²) in [6.45, 7) is 2.67. The minimum atomic E-state index is -0.272. The Kier molecular flexibility index (Phi) is 5.18. The van der Waals surface area contributed by atoms with Crippen molar-refractivity contribution in [3.63, 3.8) is 0 Å². The second-order valence-electron chi connectivity index (χ2n) is 3.07. The Morgan fingerprint density at radius 1 is 1.47 bits per heavy atom. The first-order valence-corrected chi connectivity index (χ1v) is 5.86. The van der Waals surface area contributed by atoms with E-state index in [4.69, 9.17) is 0 Å². The molecule has 1 rings (SSSR count). The van der Waals surface area contributed by atoms with Gasteiger partial charge in [0.2, 0.25) is 5.91 Å². The van der Waals surface area contributed by atoms with Gasteiger partial charge < -0.3 is 5.32 Å². The van der Waals surface area contributed by atoms with Crippen molar-refractivity contribution in [2.24, 2.45) is 0 Å². The van der Waals surface area contributed by atoms with Gasteiger partial charge in [0.25, 0.3) is 0 Å². The molecule has 0 heterocycles. The van der Waals surface area contributed by atoms with E-state index in [2.05, 4.69) is 5.32 Å². The number of halogens is 1. The number of benzene rings is 1. The Labute approximate surface area is 93.3 Å². The average molecular weight is 227 g/mol. The molecule has 2 nitrogen and oxygen atoms in total. The minimum Gasteiger partial charge on any atom is -0.355 e. The molecule has 0 spiro atoms. The maximum atomic E-state index is 13.1. The highest BCUT2D eigenvalue weighted by atomic mass is 32.2. The highest BCUT2D eigenvalue weighted by Crippen LogP contribution is 2.20.